The molecule has 2 aliphatic rings. The van der Waals surface area contributed by atoms with Gasteiger partial charge in [-0.1, -0.05) is 13.8 Å². The van der Waals surface area contributed by atoms with E-state index in [2.05, 4.69) is 42.4 Å². The van der Waals surface area contributed by atoms with Gasteiger partial charge in [0.1, 0.15) is 0 Å². The van der Waals surface area contributed by atoms with Crippen LogP contribution in [0, 0.1) is 11.8 Å². The van der Waals surface area contributed by atoms with Crippen molar-refractivity contribution in [3.05, 3.63) is 0 Å². The molecule has 0 aromatic rings. The molecule has 0 amide bonds. The van der Waals surface area contributed by atoms with Gasteiger partial charge in [0.15, 0.2) is 0 Å². The fraction of sp³-hybridized carbons (Fsp3) is 1.00. The molecule has 0 aromatic carbocycles. The van der Waals surface area contributed by atoms with E-state index < -0.39 is 0 Å². The molecule has 0 aromatic heterocycles. The van der Waals surface area contributed by atoms with Crippen molar-refractivity contribution < 1.29 is 0 Å². The molecule has 0 atom stereocenters. The molecule has 0 aliphatic carbocycles. The second-order valence-corrected chi connectivity index (χ2v) is 8.23. The summed E-state index contributed by atoms with van der Waals surface area (Å²) in [6, 6.07) is 0.736. The van der Waals surface area contributed by atoms with E-state index in [0.29, 0.717) is 0 Å². The Labute approximate surface area is 139 Å². The number of nitrogens with zero attached hydrogens (tertiary/aromatic N) is 3. The van der Waals surface area contributed by atoms with Gasteiger partial charge in [0.2, 0.25) is 0 Å². The van der Waals surface area contributed by atoms with Crippen LogP contribution in [-0.4, -0.2) is 73.1 Å². The van der Waals surface area contributed by atoms with Gasteiger partial charge in [0.25, 0.3) is 0 Å². The van der Waals surface area contributed by atoms with Gasteiger partial charge in [-0.15, -0.1) is 0 Å². The zero-order valence-electron chi connectivity index (χ0n) is 15.6. The average molecular weight is 310 g/mol. The number of piperazine rings is 1. The van der Waals surface area contributed by atoms with Crippen LogP contribution in [0.4, 0.5) is 0 Å². The maximum atomic E-state index is 2.71. The van der Waals surface area contributed by atoms with Crippen molar-refractivity contribution in [2.24, 2.45) is 11.8 Å². The van der Waals surface area contributed by atoms with E-state index in [1.165, 1.54) is 78.0 Å². The van der Waals surface area contributed by atoms with Crippen LogP contribution in [0.3, 0.4) is 0 Å². The van der Waals surface area contributed by atoms with Crippen molar-refractivity contribution in [2.45, 2.75) is 59.4 Å². The second-order valence-electron chi connectivity index (χ2n) is 8.23. The molecule has 0 bridgehead atoms. The van der Waals surface area contributed by atoms with E-state index in [4.69, 9.17) is 0 Å². The molecule has 2 saturated heterocycles. The summed E-state index contributed by atoms with van der Waals surface area (Å²) < 4.78 is 0. The fourth-order valence-electron chi connectivity index (χ4n) is 3.80. The van der Waals surface area contributed by atoms with Gasteiger partial charge in [-0.2, -0.15) is 0 Å². The van der Waals surface area contributed by atoms with Crippen molar-refractivity contribution in [3.63, 3.8) is 0 Å². The molecule has 0 N–H and O–H groups in total. The van der Waals surface area contributed by atoms with Gasteiger partial charge >= 0.3 is 0 Å². The molecule has 2 aliphatic heterocycles. The zero-order valence-corrected chi connectivity index (χ0v) is 15.6. The predicted molar refractivity (Wildman–Crippen MR) is 96.4 cm³/mol. The van der Waals surface area contributed by atoms with Gasteiger partial charge in [-0.25, -0.2) is 0 Å². The number of rotatable bonds is 7. The maximum absolute atomic E-state index is 2.71. The Balaban J connectivity index is 1.56. The van der Waals surface area contributed by atoms with Gasteiger partial charge in [0, 0.05) is 32.2 Å². The van der Waals surface area contributed by atoms with E-state index in [9.17, 15) is 0 Å². The SMILES string of the molecule is CC(C)CCN1CCN(CCC2CCN(C(C)C)CC2)CC1. The van der Waals surface area contributed by atoms with Crippen LogP contribution in [0.2, 0.25) is 0 Å². The van der Waals surface area contributed by atoms with Crippen molar-refractivity contribution in [1.29, 1.82) is 0 Å². The Morgan fingerprint density at radius 3 is 1.82 bits per heavy atom. The van der Waals surface area contributed by atoms with E-state index in [1.54, 1.807) is 0 Å². The Bertz CT molecular complexity index is 287. The minimum absolute atomic E-state index is 0.736. The van der Waals surface area contributed by atoms with Crippen LogP contribution in [-0.2, 0) is 0 Å². The summed E-state index contributed by atoms with van der Waals surface area (Å²) >= 11 is 0. The minimum Gasteiger partial charge on any atom is -0.301 e. The summed E-state index contributed by atoms with van der Waals surface area (Å²) in [5.41, 5.74) is 0. The molecule has 0 unspecified atom stereocenters. The van der Waals surface area contributed by atoms with E-state index >= 15 is 0 Å². The maximum Gasteiger partial charge on any atom is 0.0110 e. The Kier molecular flexibility index (Phi) is 7.66. The highest BCUT2D eigenvalue weighted by Gasteiger charge is 2.22. The molecule has 2 heterocycles. The first-order valence-corrected chi connectivity index (χ1v) is 9.73. The minimum atomic E-state index is 0.736. The Morgan fingerprint density at radius 2 is 1.32 bits per heavy atom. The number of likely N-dealkylation sites (tertiary alicyclic amines) is 1. The first-order valence-electron chi connectivity index (χ1n) is 9.73. The van der Waals surface area contributed by atoms with Crippen molar-refractivity contribution >= 4 is 0 Å². The standard InChI is InChI=1S/C19H39N3/c1-17(2)5-9-20-13-15-21(16-14-20)10-6-19-7-11-22(12-8-19)18(3)4/h17-19H,5-16H2,1-4H3. The Morgan fingerprint density at radius 1 is 0.773 bits per heavy atom. The molecule has 3 nitrogen and oxygen atoms in total. The van der Waals surface area contributed by atoms with E-state index in [0.717, 1.165) is 17.9 Å². The normalized spacial score (nSPS) is 23.7. The van der Waals surface area contributed by atoms with Gasteiger partial charge < -0.3 is 14.7 Å². The lowest BCUT2D eigenvalue weighted by molar-refractivity contribution is 0.107. The van der Waals surface area contributed by atoms with E-state index in [1.807, 2.05) is 0 Å². The lowest BCUT2D eigenvalue weighted by Gasteiger charge is -2.37. The highest BCUT2D eigenvalue weighted by molar-refractivity contribution is 4.77. The van der Waals surface area contributed by atoms with E-state index in [-0.39, 0.29) is 0 Å². The summed E-state index contributed by atoms with van der Waals surface area (Å²) in [5, 5.41) is 0. The molecular formula is C19H39N3. The second kappa shape index (κ2) is 9.24. The molecule has 22 heavy (non-hydrogen) atoms. The molecule has 2 rings (SSSR count). The monoisotopic (exact) mass is 309 g/mol. The Hall–Kier alpha value is -0.120. The molecule has 2 fully saturated rings. The summed E-state index contributed by atoms with van der Waals surface area (Å²) in [7, 11) is 0. The third kappa shape index (κ3) is 6.17. The van der Waals surface area contributed by atoms with Crippen LogP contribution in [0.25, 0.3) is 0 Å². The lowest BCUT2D eigenvalue weighted by atomic mass is 9.92. The summed E-state index contributed by atoms with van der Waals surface area (Å²) in [4.78, 5) is 8.02. The smallest absolute Gasteiger partial charge is 0.0110 e. The van der Waals surface area contributed by atoms with Crippen LogP contribution < -0.4 is 0 Å². The number of piperidine rings is 1. The van der Waals surface area contributed by atoms with Gasteiger partial charge in [-0.05, 0) is 77.5 Å². The van der Waals surface area contributed by atoms with Crippen molar-refractivity contribution in [3.8, 4) is 0 Å². The van der Waals surface area contributed by atoms with Crippen LogP contribution in [0.5, 0.6) is 0 Å². The summed E-state index contributed by atoms with van der Waals surface area (Å²) in [6.45, 7) is 19.8. The first-order chi connectivity index (χ1) is 10.5. The van der Waals surface area contributed by atoms with Crippen molar-refractivity contribution in [2.75, 3.05) is 52.4 Å². The summed E-state index contributed by atoms with van der Waals surface area (Å²) in [5.74, 6) is 1.82. The predicted octanol–water partition coefficient (Wildman–Crippen LogP) is 3.16. The molecular weight excluding hydrogens is 270 g/mol. The van der Waals surface area contributed by atoms with Crippen LogP contribution in [0.15, 0.2) is 0 Å². The topological polar surface area (TPSA) is 9.72 Å². The third-order valence-electron chi connectivity index (χ3n) is 5.72. The number of hydrogen-bond acceptors (Lipinski definition) is 3. The number of hydrogen-bond donors (Lipinski definition) is 0. The highest BCUT2D eigenvalue weighted by atomic mass is 15.3. The third-order valence-corrected chi connectivity index (χ3v) is 5.72. The van der Waals surface area contributed by atoms with Gasteiger partial charge in [-0.3, -0.25) is 0 Å². The lowest BCUT2D eigenvalue weighted by Crippen LogP contribution is -2.47. The van der Waals surface area contributed by atoms with Gasteiger partial charge in [0.05, 0.1) is 0 Å². The van der Waals surface area contributed by atoms with Crippen molar-refractivity contribution in [1.82, 2.24) is 14.7 Å². The van der Waals surface area contributed by atoms with Crippen LogP contribution >= 0.6 is 0 Å². The molecule has 130 valence electrons. The molecule has 3 heteroatoms. The van der Waals surface area contributed by atoms with Crippen LogP contribution in [0.1, 0.15) is 53.4 Å². The quantitative estimate of drug-likeness (QED) is 0.715. The first kappa shape index (κ1) is 18.2. The molecule has 0 radical (unpaired) electrons. The zero-order chi connectivity index (χ0) is 15.9. The molecule has 0 spiro atoms. The average Bonchev–Trinajstić information content (AvgIpc) is 2.52. The highest BCUT2D eigenvalue weighted by Crippen LogP contribution is 2.22. The largest absolute Gasteiger partial charge is 0.301 e. The summed E-state index contributed by atoms with van der Waals surface area (Å²) in [6.07, 6.45) is 5.63. The molecule has 0 saturated carbocycles. The fourth-order valence-corrected chi connectivity index (χ4v) is 3.80.